The molecular weight excluding hydrogens is 166 g/mol. The topological polar surface area (TPSA) is 60.7 Å². The number of rotatable bonds is 0. The van der Waals surface area contributed by atoms with E-state index in [-0.39, 0.29) is 18.0 Å². The standard InChI is InChI=1S/CH7O3P.AsH3/c1-5(2,3)4;/h2-5H,1H3;1H3. The van der Waals surface area contributed by atoms with Crippen molar-refractivity contribution in [2.75, 3.05) is 6.66 Å². The van der Waals surface area contributed by atoms with Crippen LogP contribution in [0.5, 0.6) is 0 Å². The molecular formula is CH10AsO3P. The van der Waals surface area contributed by atoms with Crippen LogP contribution in [-0.2, 0) is 0 Å². The molecule has 1 unspecified atom stereocenters. The summed E-state index contributed by atoms with van der Waals surface area (Å²) in [5.41, 5.74) is 0. The summed E-state index contributed by atoms with van der Waals surface area (Å²) in [5, 5.41) is 0. The minimum absolute atomic E-state index is 0. The van der Waals surface area contributed by atoms with Crippen LogP contribution in [0.2, 0.25) is 0 Å². The first-order chi connectivity index (χ1) is 2.00. The molecule has 42 valence electrons. The molecule has 5 heteroatoms. The van der Waals surface area contributed by atoms with Crippen molar-refractivity contribution in [1.29, 1.82) is 0 Å². The molecule has 0 saturated heterocycles. The van der Waals surface area contributed by atoms with Crippen molar-refractivity contribution >= 4 is 25.9 Å². The van der Waals surface area contributed by atoms with Crippen molar-refractivity contribution in [3.63, 3.8) is 0 Å². The molecule has 0 aliphatic heterocycles. The first kappa shape index (κ1) is 9.98. The van der Waals surface area contributed by atoms with Gasteiger partial charge in [-0.1, -0.05) is 0 Å². The van der Waals surface area contributed by atoms with Crippen LogP contribution in [-0.4, -0.2) is 39.3 Å². The van der Waals surface area contributed by atoms with Gasteiger partial charge in [-0.25, -0.2) is 0 Å². The second-order valence-corrected chi connectivity index (χ2v) is 2.91. The molecule has 0 aliphatic rings. The van der Waals surface area contributed by atoms with Crippen molar-refractivity contribution in [2.24, 2.45) is 0 Å². The maximum atomic E-state index is 7.77. The van der Waals surface area contributed by atoms with Crippen LogP contribution in [0.15, 0.2) is 0 Å². The van der Waals surface area contributed by atoms with Gasteiger partial charge in [0.1, 0.15) is 0 Å². The summed E-state index contributed by atoms with van der Waals surface area (Å²) in [6, 6.07) is 0. The summed E-state index contributed by atoms with van der Waals surface area (Å²) < 4.78 is 0. The van der Waals surface area contributed by atoms with E-state index in [0.29, 0.717) is 0 Å². The molecule has 0 heterocycles. The number of hydrogen-bond donors (Lipinski definition) is 3. The van der Waals surface area contributed by atoms with E-state index in [4.69, 9.17) is 14.7 Å². The first-order valence-electron chi connectivity index (χ1n) is 1.17. The molecule has 0 rings (SSSR count). The van der Waals surface area contributed by atoms with Gasteiger partial charge in [0.25, 0.3) is 0 Å². The molecule has 0 aromatic rings. The van der Waals surface area contributed by atoms with Crippen molar-refractivity contribution in [3.8, 4) is 0 Å². The van der Waals surface area contributed by atoms with Crippen LogP contribution in [0.1, 0.15) is 0 Å². The second kappa shape index (κ2) is 2.95. The van der Waals surface area contributed by atoms with Crippen molar-refractivity contribution in [1.82, 2.24) is 0 Å². The zero-order chi connectivity index (χ0) is 4.50. The fraction of sp³-hybridized carbons (Fsp3) is 1.00. The molecule has 3 nitrogen and oxygen atoms in total. The Balaban J connectivity index is 0. The Kier molecular flexibility index (Phi) is 4.90. The molecule has 0 aromatic heterocycles. The van der Waals surface area contributed by atoms with E-state index in [1.54, 1.807) is 0 Å². The molecule has 3 N–H and O–H groups in total. The summed E-state index contributed by atoms with van der Waals surface area (Å²) in [5.74, 6) is 0. The second-order valence-electron chi connectivity index (χ2n) is 0.971. The third-order valence-corrected chi connectivity index (χ3v) is 0. The molecule has 0 radical (unpaired) electrons. The fourth-order valence-electron chi connectivity index (χ4n) is 0. The Labute approximate surface area is 47.9 Å². The Morgan fingerprint density at radius 1 is 1.17 bits per heavy atom. The average molecular weight is 176 g/mol. The SMILES string of the molecule is C[PH](O)(O)O.[AsH3]. The molecule has 0 spiro atoms. The minimum atomic E-state index is -3.61. The Bertz CT molecular complexity index is 26.3. The van der Waals surface area contributed by atoms with Gasteiger partial charge in [-0.05, 0) is 0 Å². The summed E-state index contributed by atoms with van der Waals surface area (Å²) in [6.07, 6.45) is 0. The van der Waals surface area contributed by atoms with E-state index in [1.165, 1.54) is 0 Å². The molecule has 0 aromatic carbocycles. The Morgan fingerprint density at radius 3 is 1.17 bits per heavy atom. The van der Waals surface area contributed by atoms with Gasteiger partial charge in [-0.2, -0.15) is 0 Å². The number of hydrogen-bond acceptors (Lipinski definition) is 3. The molecule has 0 bridgehead atoms. The summed E-state index contributed by atoms with van der Waals surface area (Å²) >= 11 is 0. The van der Waals surface area contributed by atoms with Crippen molar-refractivity contribution in [2.45, 2.75) is 0 Å². The third kappa shape index (κ3) is 96.6. The molecule has 0 saturated carbocycles. The molecule has 0 aliphatic carbocycles. The molecule has 1 atom stereocenters. The predicted octanol–water partition coefficient (Wildman–Crippen LogP) is -2.10. The zero-order valence-corrected chi connectivity index (χ0v) is 7.52. The summed E-state index contributed by atoms with van der Waals surface area (Å²) in [4.78, 5) is 23.3. The van der Waals surface area contributed by atoms with Crippen LogP contribution in [0.25, 0.3) is 0 Å². The normalized spacial score (nSPS) is 12.7. The molecule has 6 heavy (non-hydrogen) atoms. The molecule has 0 fully saturated rings. The summed E-state index contributed by atoms with van der Waals surface area (Å²) in [6.45, 7) is 0.993. The van der Waals surface area contributed by atoms with E-state index >= 15 is 0 Å². The van der Waals surface area contributed by atoms with Gasteiger partial charge in [0, 0.05) is 0 Å². The van der Waals surface area contributed by atoms with Gasteiger partial charge in [-0.15, -0.1) is 0 Å². The zero-order valence-electron chi connectivity index (χ0n) is 3.55. The van der Waals surface area contributed by atoms with E-state index < -0.39 is 7.94 Å². The van der Waals surface area contributed by atoms with Crippen molar-refractivity contribution < 1.29 is 14.7 Å². The third-order valence-electron chi connectivity index (χ3n) is 0. The van der Waals surface area contributed by atoms with Gasteiger partial charge in [0.05, 0.1) is 0 Å². The van der Waals surface area contributed by atoms with Gasteiger partial charge in [0.2, 0.25) is 0 Å². The molecule has 0 amide bonds. The van der Waals surface area contributed by atoms with Crippen LogP contribution >= 0.6 is 7.94 Å². The van der Waals surface area contributed by atoms with Crippen LogP contribution in [0, 0.1) is 0 Å². The quantitative estimate of drug-likeness (QED) is 0.293. The van der Waals surface area contributed by atoms with Gasteiger partial charge >= 0.3 is 47.2 Å². The van der Waals surface area contributed by atoms with Crippen LogP contribution in [0.4, 0.5) is 0 Å². The van der Waals surface area contributed by atoms with Gasteiger partial charge < -0.3 is 0 Å². The monoisotopic (exact) mass is 176 g/mol. The first-order valence-corrected chi connectivity index (χ1v) is 3.51. The Hall–Kier alpha value is 0.868. The van der Waals surface area contributed by atoms with E-state index in [0.717, 1.165) is 6.66 Å². The van der Waals surface area contributed by atoms with E-state index in [2.05, 4.69) is 0 Å². The van der Waals surface area contributed by atoms with Crippen LogP contribution < -0.4 is 0 Å². The summed E-state index contributed by atoms with van der Waals surface area (Å²) in [7, 11) is -3.61. The Morgan fingerprint density at radius 2 is 1.17 bits per heavy atom. The predicted molar refractivity (Wildman–Crippen MR) is 30.8 cm³/mol. The van der Waals surface area contributed by atoms with Gasteiger partial charge in [0.15, 0.2) is 0 Å². The average Bonchev–Trinajstić information content (AvgIpc) is 0.722. The fourth-order valence-corrected chi connectivity index (χ4v) is 0. The van der Waals surface area contributed by atoms with Crippen molar-refractivity contribution in [3.05, 3.63) is 0 Å². The van der Waals surface area contributed by atoms with E-state index in [1.807, 2.05) is 0 Å². The van der Waals surface area contributed by atoms with Gasteiger partial charge in [-0.3, -0.25) is 0 Å². The maximum absolute atomic E-state index is 7.77. The van der Waals surface area contributed by atoms with E-state index in [9.17, 15) is 0 Å². The van der Waals surface area contributed by atoms with Crippen LogP contribution in [0.3, 0.4) is 0 Å².